The summed E-state index contributed by atoms with van der Waals surface area (Å²) in [5.41, 5.74) is 1.17. The summed E-state index contributed by atoms with van der Waals surface area (Å²) in [6.45, 7) is 10.7. The second-order valence-corrected chi connectivity index (χ2v) is 24.1. The molecule has 1 saturated carbocycles. The zero-order valence-corrected chi connectivity index (χ0v) is 48.4. The molecule has 0 aromatic carbocycles. The lowest BCUT2D eigenvalue weighted by molar-refractivity contribution is -0.265. The Morgan fingerprint density at radius 1 is 0.859 bits per heavy atom. The summed E-state index contributed by atoms with van der Waals surface area (Å²) in [5, 5.41) is 42.2. The summed E-state index contributed by atoms with van der Waals surface area (Å²) in [6, 6.07) is -1.24. The van der Waals surface area contributed by atoms with Gasteiger partial charge in [-0.15, -0.1) is 0 Å². The minimum absolute atomic E-state index is 0.0175. The van der Waals surface area contributed by atoms with Crippen LogP contribution in [0, 0.1) is 35.5 Å². The molecule has 0 unspecified atom stereocenters. The maximum atomic E-state index is 14.6. The van der Waals surface area contributed by atoms with Crippen molar-refractivity contribution in [2.75, 3.05) is 59.9 Å². The van der Waals surface area contributed by atoms with Crippen LogP contribution in [0.2, 0.25) is 0 Å². The summed E-state index contributed by atoms with van der Waals surface area (Å²) in [4.78, 5) is 85.6. The maximum absolute atomic E-state index is 14.6. The van der Waals surface area contributed by atoms with Gasteiger partial charge in [0.25, 0.3) is 11.7 Å². The van der Waals surface area contributed by atoms with Crippen LogP contribution in [0.15, 0.2) is 47.6 Å². The Hall–Kier alpha value is -4.03. The fraction of sp³-hybridized carbons (Fsp3) is 0.754. The molecular formula is C57H90N2O18S. The number of fused-ring (bicyclic) bond motifs is 3. The molecule has 21 heteroatoms. The molecule has 1 aliphatic carbocycles. The second-order valence-electron chi connectivity index (χ2n) is 22.2. The van der Waals surface area contributed by atoms with Crippen LogP contribution < -0.4 is 0 Å². The van der Waals surface area contributed by atoms with E-state index in [0.717, 1.165) is 14.8 Å². The van der Waals surface area contributed by atoms with Gasteiger partial charge in [0.15, 0.2) is 11.5 Å². The quantitative estimate of drug-likeness (QED) is 0.107. The molecule has 78 heavy (non-hydrogen) atoms. The van der Waals surface area contributed by atoms with Crippen LogP contribution in [-0.4, -0.2) is 188 Å². The topological polar surface area (TPSA) is 279 Å². The molecule has 2 saturated heterocycles. The number of hydrogen-bond donors (Lipinski definition) is 4. The first-order chi connectivity index (χ1) is 36.8. The van der Waals surface area contributed by atoms with Gasteiger partial charge in [0.2, 0.25) is 15.8 Å². The number of carbonyl (C=O) groups excluding carboxylic acids is 6. The monoisotopic (exact) mass is 1120 g/mol. The number of nitrogens with zero attached hydrogens (tertiary/aromatic N) is 2. The van der Waals surface area contributed by atoms with Crippen molar-refractivity contribution in [3.8, 4) is 0 Å². The van der Waals surface area contributed by atoms with Crippen molar-refractivity contribution >= 4 is 45.2 Å². The molecule has 3 aliphatic heterocycles. The van der Waals surface area contributed by atoms with Gasteiger partial charge in [-0.05, 0) is 107 Å². The van der Waals surface area contributed by atoms with E-state index >= 15 is 0 Å². The van der Waals surface area contributed by atoms with Gasteiger partial charge in [-0.3, -0.25) is 24.0 Å². The number of amides is 1. The lowest BCUT2D eigenvalue weighted by atomic mass is 9.78. The summed E-state index contributed by atoms with van der Waals surface area (Å²) in [5.74, 6) is -11.1. The van der Waals surface area contributed by atoms with E-state index in [1.165, 1.54) is 14.2 Å². The zero-order chi connectivity index (χ0) is 58.1. The van der Waals surface area contributed by atoms with Crippen LogP contribution in [0.4, 0.5) is 0 Å². The molecule has 4 rings (SSSR count). The average molecular weight is 1120 g/mol. The zero-order valence-electron chi connectivity index (χ0n) is 47.6. The third-order valence-corrected chi connectivity index (χ3v) is 17.9. The highest BCUT2D eigenvalue weighted by atomic mass is 32.2. The first-order valence-corrected chi connectivity index (χ1v) is 29.3. The van der Waals surface area contributed by atoms with Gasteiger partial charge >= 0.3 is 11.9 Å². The average Bonchev–Trinajstić information content (AvgIpc) is 3.40. The Bertz CT molecular complexity index is 2260. The SMILES string of the molecule is CO[C@H]1C[C@@H]2CC[C@@H](C)[C@@](O)(O2)C(=O)C(=O)N2CCCC[C@H]2C(=O)O[C@H]([C@H](C)C[C@@H]2CC[C@@H](OC(=O)CS(=O)(=O)N(CCO)CCO)[C@H](OC)C2)CC(=O)[C@H](C)/C=C(\C)[C@@H](O)[C@@H](OC)C(=O)[C@H](C)C[C@H](C)/C=C/C=CC=C1C. The fourth-order valence-corrected chi connectivity index (χ4v) is 12.6. The molecule has 2 bridgehead atoms. The van der Waals surface area contributed by atoms with E-state index < -0.39 is 131 Å². The van der Waals surface area contributed by atoms with Gasteiger partial charge in [0.05, 0.1) is 31.5 Å². The number of esters is 2. The number of Topliss-reactive ketones (excluding diaryl/α,β-unsaturated/α-hetero) is 3. The third kappa shape index (κ3) is 18.2. The summed E-state index contributed by atoms with van der Waals surface area (Å²) < 4.78 is 62.0. The molecule has 442 valence electrons. The molecule has 0 radical (unpaired) electrons. The van der Waals surface area contributed by atoms with E-state index in [4.69, 9.17) is 28.4 Å². The molecule has 1 amide bonds. The number of rotatable bonds is 14. The Balaban J connectivity index is 1.67. The van der Waals surface area contributed by atoms with Crippen molar-refractivity contribution in [1.29, 1.82) is 0 Å². The molecule has 4 N–H and O–H groups in total. The van der Waals surface area contributed by atoms with Crippen molar-refractivity contribution in [2.45, 2.75) is 180 Å². The van der Waals surface area contributed by atoms with Gasteiger partial charge in [-0.2, -0.15) is 4.31 Å². The van der Waals surface area contributed by atoms with Crippen LogP contribution >= 0.6 is 0 Å². The number of sulfonamides is 1. The Kier molecular flexibility index (Phi) is 26.6. The first kappa shape index (κ1) is 66.5. The normalized spacial score (nSPS) is 34.8. The number of aliphatic hydroxyl groups excluding tert-OH is 3. The molecule has 0 aromatic heterocycles. The highest BCUT2D eigenvalue weighted by Gasteiger charge is 2.53. The van der Waals surface area contributed by atoms with E-state index in [1.807, 2.05) is 51.2 Å². The molecule has 0 spiro atoms. The Labute approximate surface area is 462 Å². The van der Waals surface area contributed by atoms with Gasteiger partial charge in [0.1, 0.15) is 36.2 Å². The summed E-state index contributed by atoms with van der Waals surface area (Å²) >= 11 is 0. The highest BCUT2D eigenvalue weighted by Crippen LogP contribution is 2.38. The second kappa shape index (κ2) is 31.3. The maximum Gasteiger partial charge on any atom is 0.329 e. The number of piperidine rings is 1. The highest BCUT2D eigenvalue weighted by molar-refractivity contribution is 7.89. The molecule has 20 nitrogen and oxygen atoms in total. The number of carbonyl (C=O) groups is 6. The van der Waals surface area contributed by atoms with E-state index in [0.29, 0.717) is 56.9 Å². The standard InChI is InChI=1S/C57H90N2O18S/c1-35-16-12-11-13-17-36(2)47(72-8)32-43-21-19-41(7)57(69,77-43)54(66)55(67)59-23-15-14-18-44(59)56(68)76-48(33-45(62)37(3)29-40(6)52(65)53(74-10)51(64)39(5)28-35)38(4)30-42-20-22-46(49(31-42)73-9)75-50(63)34-78(70,71)58(24-26-60)25-27-61/h11-13,16-17,29,35,37-39,41-44,46-49,52-53,60-61,65,69H,14-15,18-28,30-34H2,1-10H3/b13-11?,16-12+,36-17?,40-29+/t35-,37-,38-,39-,41-,42+,43+,44+,46-,47+,48+,49-,52-,53+,57-/m1/s1. The van der Waals surface area contributed by atoms with Gasteiger partial charge in [-0.1, -0.05) is 71.1 Å². The van der Waals surface area contributed by atoms with Crippen molar-refractivity contribution in [3.05, 3.63) is 47.6 Å². The van der Waals surface area contributed by atoms with E-state index in [9.17, 15) is 57.6 Å². The molecule has 15 atom stereocenters. The Morgan fingerprint density at radius 2 is 1.55 bits per heavy atom. The summed E-state index contributed by atoms with van der Waals surface area (Å²) in [6.07, 6.45) is 8.66. The molecular weight excluding hydrogens is 1030 g/mol. The molecule has 4 aliphatic rings. The third-order valence-electron chi connectivity index (χ3n) is 16.1. The molecule has 3 heterocycles. The van der Waals surface area contributed by atoms with Crippen LogP contribution in [-0.2, 0) is 67.2 Å². The number of aliphatic hydroxyl groups is 4. The van der Waals surface area contributed by atoms with Crippen molar-refractivity contribution in [3.63, 3.8) is 0 Å². The van der Waals surface area contributed by atoms with Crippen LogP contribution in [0.5, 0.6) is 0 Å². The fourth-order valence-electron chi connectivity index (χ4n) is 11.3. The first-order valence-electron chi connectivity index (χ1n) is 27.7. The van der Waals surface area contributed by atoms with Crippen molar-refractivity contribution in [2.24, 2.45) is 35.5 Å². The molecule has 3 fully saturated rings. The lowest BCUT2D eigenvalue weighted by Gasteiger charge is -2.42. The van der Waals surface area contributed by atoms with Crippen LogP contribution in [0.1, 0.15) is 126 Å². The van der Waals surface area contributed by atoms with Crippen molar-refractivity contribution in [1.82, 2.24) is 9.21 Å². The van der Waals surface area contributed by atoms with Crippen molar-refractivity contribution < 1.29 is 86.0 Å². The van der Waals surface area contributed by atoms with E-state index in [-0.39, 0.29) is 68.7 Å². The largest absolute Gasteiger partial charge is 0.460 e. The van der Waals surface area contributed by atoms with Gasteiger partial charge in [-0.25, -0.2) is 13.2 Å². The van der Waals surface area contributed by atoms with Gasteiger partial charge in [0, 0.05) is 71.6 Å². The molecule has 0 aromatic rings. The predicted molar refractivity (Wildman–Crippen MR) is 289 cm³/mol. The van der Waals surface area contributed by atoms with Crippen LogP contribution in [0.25, 0.3) is 0 Å². The van der Waals surface area contributed by atoms with E-state index in [1.54, 1.807) is 40.9 Å². The number of cyclic esters (lactones) is 1. The Morgan fingerprint density at radius 3 is 2.19 bits per heavy atom. The minimum Gasteiger partial charge on any atom is -0.460 e. The smallest absolute Gasteiger partial charge is 0.329 e. The van der Waals surface area contributed by atoms with Gasteiger partial charge < -0.3 is 53.7 Å². The minimum atomic E-state index is -4.22. The summed E-state index contributed by atoms with van der Waals surface area (Å²) in [7, 11) is 0.116. The number of methoxy groups -OCH3 is 3. The number of allylic oxidation sites excluding steroid dienone is 6. The van der Waals surface area contributed by atoms with E-state index in [2.05, 4.69) is 0 Å². The predicted octanol–water partition coefficient (Wildman–Crippen LogP) is 4.35. The van der Waals surface area contributed by atoms with Crippen LogP contribution in [0.3, 0.4) is 0 Å². The lowest BCUT2D eigenvalue weighted by Crippen LogP contribution is -2.61. The number of ether oxygens (including phenoxy) is 6. The number of hydrogen-bond acceptors (Lipinski definition) is 18. The number of ketones is 3.